The molecular weight excluding hydrogens is 440 g/mol. The molecule has 7 heteroatoms. The van der Waals surface area contributed by atoms with E-state index >= 15 is 0 Å². The zero-order valence-electron chi connectivity index (χ0n) is 17.9. The predicted octanol–water partition coefficient (Wildman–Crippen LogP) is 4.81. The molecule has 0 amide bonds. The number of aryl methyl sites for hydroxylation is 1. The van der Waals surface area contributed by atoms with Gasteiger partial charge in [0.05, 0.1) is 6.10 Å². The van der Waals surface area contributed by atoms with E-state index in [9.17, 15) is 9.90 Å². The topological polar surface area (TPSA) is 91.7 Å². The van der Waals surface area contributed by atoms with Crippen molar-refractivity contribution in [3.05, 3.63) is 94.1 Å². The van der Waals surface area contributed by atoms with Crippen LogP contribution < -0.4 is 10.1 Å². The van der Waals surface area contributed by atoms with Crippen LogP contribution in [0.25, 0.3) is 6.08 Å². The van der Waals surface area contributed by atoms with Crippen LogP contribution in [0.1, 0.15) is 34.8 Å². The van der Waals surface area contributed by atoms with Gasteiger partial charge in [-0.25, -0.2) is 9.78 Å². The number of benzene rings is 2. The number of hydrogen-bond donors (Lipinski definition) is 3. The number of ether oxygens (including phenoxy) is 1. The third kappa shape index (κ3) is 6.42. The molecule has 1 aromatic heterocycles. The number of halogens is 1. The number of aromatic nitrogens is 1. The molecule has 3 N–H and O–H groups in total. The number of aliphatic hydroxyl groups excluding tert-OH is 1. The number of carbonyl (C=O) groups is 1. The molecule has 0 bridgehead atoms. The Bertz CT molecular complexity index is 1150. The molecular formula is C26H25ClN2O4. The van der Waals surface area contributed by atoms with Crippen molar-refractivity contribution in [3.63, 3.8) is 0 Å². The molecule has 1 aliphatic carbocycles. The number of aliphatic carboxylic acids is 1. The monoisotopic (exact) mass is 464 g/mol. The maximum Gasteiger partial charge on any atom is 0.328 e. The number of carboxylic acids is 1. The summed E-state index contributed by atoms with van der Waals surface area (Å²) < 4.78 is 5.90. The van der Waals surface area contributed by atoms with Gasteiger partial charge in [0.15, 0.2) is 0 Å². The Morgan fingerprint density at radius 2 is 2.09 bits per heavy atom. The number of nitrogens with one attached hydrogen (secondary N) is 1. The van der Waals surface area contributed by atoms with Gasteiger partial charge in [-0.1, -0.05) is 29.8 Å². The lowest BCUT2D eigenvalue weighted by molar-refractivity contribution is -0.131. The Morgan fingerprint density at radius 3 is 2.85 bits per heavy atom. The third-order valence-electron chi connectivity index (χ3n) is 5.64. The van der Waals surface area contributed by atoms with Gasteiger partial charge in [0.1, 0.15) is 5.75 Å². The Kier molecular flexibility index (Phi) is 7.40. The van der Waals surface area contributed by atoms with Crippen molar-refractivity contribution < 1.29 is 19.7 Å². The molecule has 33 heavy (non-hydrogen) atoms. The first-order valence-corrected chi connectivity index (χ1v) is 11.2. The molecule has 4 rings (SSSR count). The molecule has 0 saturated carbocycles. The lowest BCUT2D eigenvalue weighted by Crippen LogP contribution is -2.37. The Morgan fingerprint density at radius 1 is 1.21 bits per heavy atom. The van der Waals surface area contributed by atoms with Gasteiger partial charge in [-0.2, -0.15) is 0 Å². The second kappa shape index (κ2) is 10.6. The molecule has 2 atom stereocenters. The second-order valence-corrected chi connectivity index (χ2v) is 8.49. The van der Waals surface area contributed by atoms with Crippen molar-refractivity contribution in [2.45, 2.75) is 31.4 Å². The molecule has 1 aliphatic rings. The van der Waals surface area contributed by atoms with E-state index in [-0.39, 0.29) is 6.04 Å². The van der Waals surface area contributed by atoms with Gasteiger partial charge < -0.3 is 20.3 Å². The molecule has 3 aromatic rings. The standard InChI is InChI=1S/C26H25ClN2O4/c27-21-3-1-2-19(12-21)24(30)16-28-22-8-6-18-7-9-23(14-20(18)13-22)33-25-10-4-17(15-29-25)5-11-26(31)32/h1-5,7,9-12,14-15,22,24,28,30H,6,8,13,16H2,(H,31,32)/t22-,24+/m0/s1. The normalized spacial score (nSPS) is 16.4. The number of hydrogen-bond acceptors (Lipinski definition) is 5. The van der Waals surface area contributed by atoms with E-state index in [1.54, 1.807) is 30.5 Å². The summed E-state index contributed by atoms with van der Waals surface area (Å²) in [6.45, 7) is 0.461. The summed E-state index contributed by atoms with van der Waals surface area (Å²) in [5.41, 5.74) is 4.01. The summed E-state index contributed by atoms with van der Waals surface area (Å²) >= 11 is 6.03. The van der Waals surface area contributed by atoms with Crippen molar-refractivity contribution in [1.82, 2.24) is 10.3 Å². The Labute approximate surface area is 197 Å². The first-order valence-electron chi connectivity index (χ1n) is 10.8. The smallest absolute Gasteiger partial charge is 0.328 e. The number of rotatable bonds is 8. The first kappa shape index (κ1) is 23.0. The fourth-order valence-corrected chi connectivity index (χ4v) is 4.12. The van der Waals surface area contributed by atoms with E-state index in [1.807, 2.05) is 24.3 Å². The number of aliphatic hydroxyl groups is 1. The van der Waals surface area contributed by atoms with Crippen molar-refractivity contribution in [2.24, 2.45) is 0 Å². The number of nitrogens with zero attached hydrogens (tertiary/aromatic N) is 1. The minimum Gasteiger partial charge on any atom is -0.478 e. The summed E-state index contributed by atoms with van der Waals surface area (Å²) in [6, 6.07) is 17.1. The van der Waals surface area contributed by atoms with E-state index in [2.05, 4.69) is 16.4 Å². The highest BCUT2D eigenvalue weighted by atomic mass is 35.5. The van der Waals surface area contributed by atoms with Crippen molar-refractivity contribution in [3.8, 4) is 11.6 Å². The van der Waals surface area contributed by atoms with E-state index in [0.29, 0.717) is 28.8 Å². The molecule has 2 aromatic carbocycles. The van der Waals surface area contributed by atoms with Crippen LogP contribution in [-0.2, 0) is 17.6 Å². The number of carboxylic acid groups (broad SMARTS) is 1. The van der Waals surface area contributed by atoms with Crippen LogP contribution in [0.5, 0.6) is 11.6 Å². The minimum atomic E-state index is -1.00. The van der Waals surface area contributed by atoms with Gasteiger partial charge in [0, 0.05) is 35.9 Å². The molecule has 0 radical (unpaired) electrons. The van der Waals surface area contributed by atoms with Gasteiger partial charge in [-0.15, -0.1) is 0 Å². The second-order valence-electron chi connectivity index (χ2n) is 8.05. The largest absolute Gasteiger partial charge is 0.478 e. The van der Waals surface area contributed by atoms with Crippen LogP contribution in [0.15, 0.2) is 66.9 Å². The zero-order chi connectivity index (χ0) is 23.2. The quantitative estimate of drug-likeness (QED) is 0.414. The average molecular weight is 465 g/mol. The van der Waals surface area contributed by atoms with Gasteiger partial charge in [-0.05, 0) is 77.9 Å². The molecule has 0 fully saturated rings. The van der Waals surface area contributed by atoms with E-state index in [4.69, 9.17) is 21.4 Å². The van der Waals surface area contributed by atoms with Crippen molar-refractivity contribution >= 4 is 23.6 Å². The fraction of sp³-hybridized carbons (Fsp3) is 0.231. The van der Waals surface area contributed by atoms with Crippen LogP contribution in [0.4, 0.5) is 0 Å². The van der Waals surface area contributed by atoms with Gasteiger partial charge in [-0.3, -0.25) is 0 Å². The van der Waals surface area contributed by atoms with Gasteiger partial charge in [0.2, 0.25) is 5.88 Å². The summed E-state index contributed by atoms with van der Waals surface area (Å²) in [5, 5.41) is 23.3. The highest BCUT2D eigenvalue weighted by Gasteiger charge is 2.20. The van der Waals surface area contributed by atoms with Crippen LogP contribution >= 0.6 is 11.6 Å². The summed E-state index contributed by atoms with van der Waals surface area (Å²) in [6.07, 6.45) is 6.32. The highest BCUT2D eigenvalue weighted by molar-refractivity contribution is 6.30. The summed E-state index contributed by atoms with van der Waals surface area (Å²) in [5.74, 6) is 0.142. The average Bonchev–Trinajstić information content (AvgIpc) is 2.82. The van der Waals surface area contributed by atoms with Crippen LogP contribution in [-0.4, -0.2) is 33.8 Å². The molecule has 0 unspecified atom stereocenters. The van der Waals surface area contributed by atoms with Crippen LogP contribution in [0, 0.1) is 0 Å². The molecule has 6 nitrogen and oxygen atoms in total. The predicted molar refractivity (Wildman–Crippen MR) is 128 cm³/mol. The van der Waals surface area contributed by atoms with E-state index in [0.717, 1.165) is 30.9 Å². The van der Waals surface area contributed by atoms with E-state index in [1.165, 1.54) is 17.2 Å². The SMILES string of the molecule is O=C(O)C=Cc1ccc(Oc2ccc3c(c2)C[C@@H](NC[C@@H](O)c2cccc(Cl)c2)CC3)nc1. The fourth-order valence-electron chi connectivity index (χ4n) is 3.92. The zero-order valence-corrected chi connectivity index (χ0v) is 18.7. The van der Waals surface area contributed by atoms with Crippen molar-refractivity contribution in [2.75, 3.05) is 6.54 Å². The van der Waals surface area contributed by atoms with E-state index < -0.39 is 12.1 Å². The molecule has 0 spiro atoms. The Hall–Kier alpha value is -3.19. The number of fused-ring (bicyclic) bond motifs is 1. The molecule has 0 saturated heterocycles. The maximum absolute atomic E-state index is 10.6. The van der Waals surface area contributed by atoms with Gasteiger partial charge in [0.25, 0.3) is 0 Å². The lowest BCUT2D eigenvalue weighted by atomic mass is 9.88. The molecule has 0 aliphatic heterocycles. The van der Waals surface area contributed by atoms with Gasteiger partial charge >= 0.3 is 5.97 Å². The first-order chi connectivity index (χ1) is 16.0. The minimum absolute atomic E-state index is 0.264. The number of pyridine rings is 1. The summed E-state index contributed by atoms with van der Waals surface area (Å²) in [4.78, 5) is 14.9. The van der Waals surface area contributed by atoms with Crippen molar-refractivity contribution in [1.29, 1.82) is 0 Å². The Balaban J connectivity index is 1.35. The summed E-state index contributed by atoms with van der Waals surface area (Å²) in [7, 11) is 0. The maximum atomic E-state index is 10.6. The van der Waals surface area contributed by atoms with Crippen LogP contribution in [0.3, 0.4) is 0 Å². The third-order valence-corrected chi connectivity index (χ3v) is 5.87. The van der Waals surface area contributed by atoms with Crippen LogP contribution in [0.2, 0.25) is 5.02 Å². The lowest BCUT2D eigenvalue weighted by Gasteiger charge is -2.27. The highest BCUT2D eigenvalue weighted by Crippen LogP contribution is 2.28. The molecule has 1 heterocycles. The molecule has 170 valence electrons.